The molecule has 0 unspecified atom stereocenters. The van der Waals surface area contributed by atoms with Crippen LogP contribution in [0.25, 0.3) is 0 Å². The Bertz CT molecular complexity index is 328. The van der Waals surface area contributed by atoms with Crippen LogP contribution < -0.4 is 5.32 Å². The number of cyclic esters (lactones) is 1. The Morgan fingerprint density at radius 3 is 2.71 bits per heavy atom. The van der Waals surface area contributed by atoms with Crippen molar-refractivity contribution in [2.75, 3.05) is 5.88 Å². The summed E-state index contributed by atoms with van der Waals surface area (Å²) >= 11 is 5.70. The van der Waals surface area contributed by atoms with Crippen LogP contribution in [0.5, 0.6) is 0 Å². The molecule has 14 heavy (non-hydrogen) atoms. The molecule has 1 fully saturated rings. The number of ether oxygens (including phenoxy) is 1. The van der Waals surface area contributed by atoms with Gasteiger partial charge in [0.05, 0.1) is 11.9 Å². The second-order valence-electron chi connectivity index (χ2n) is 3.13. The number of alkyl carbamates (subject to hydrolysis) is 1. The number of amides is 1. The third-order valence-corrected chi connectivity index (χ3v) is 2.52. The van der Waals surface area contributed by atoms with Gasteiger partial charge in [-0.1, -0.05) is 30.3 Å². The number of carbonyl (C=O) groups excluding carboxylic acids is 1. The van der Waals surface area contributed by atoms with E-state index in [4.69, 9.17) is 16.3 Å². The average Bonchev–Trinajstić information content (AvgIpc) is 2.61. The molecule has 1 aliphatic rings. The molecule has 1 saturated heterocycles. The number of alkyl halides is 1. The Kier molecular flexibility index (Phi) is 2.59. The maximum Gasteiger partial charge on any atom is 0.408 e. The van der Waals surface area contributed by atoms with Crippen molar-refractivity contribution < 1.29 is 9.53 Å². The normalized spacial score (nSPS) is 25.6. The van der Waals surface area contributed by atoms with Gasteiger partial charge in [0.25, 0.3) is 0 Å². The fourth-order valence-corrected chi connectivity index (χ4v) is 1.78. The van der Waals surface area contributed by atoms with Gasteiger partial charge in [0.1, 0.15) is 6.10 Å². The summed E-state index contributed by atoms with van der Waals surface area (Å²) in [6.07, 6.45) is -0.670. The molecule has 1 aliphatic heterocycles. The van der Waals surface area contributed by atoms with Gasteiger partial charge in [0, 0.05) is 0 Å². The second-order valence-corrected chi connectivity index (χ2v) is 3.44. The quantitative estimate of drug-likeness (QED) is 0.761. The summed E-state index contributed by atoms with van der Waals surface area (Å²) < 4.78 is 5.00. The van der Waals surface area contributed by atoms with Gasteiger partial charge in [0.2, 0.25) is 0 Å². The fourth-order valence-electron chi connectivity index (χ4n) is 1.54. The highest BCUT2D eigenvalue weighted by Gasteiger charge is 2.34. The minimum atomic E-state index is -0.399. The number of hydrogen-bond donors (Lipinski definition) is 1. The summed E-state index contributed by atoms with van der Waals surface area (Å²) in [5.74, 6) is 0.304. The Labute approximate surface area is 87.0 Å². The Morgan fingerprint density at radius 2 is 2.07 bits per heavy atom. The van der Waals surface area contributed by atoms with E-state index in [0.29, 0.717) is 5.88 Å². The van der Waals surface area contributed by atoms with Gasteiger partial charge in [-0.3, -0.25) is 0 Å². The molecule has 3 nitrogen and oxygen atoms in total. The average molecular weight is 212 g/mol. The molecule has 0 radical (unpaired) electrons. The van der Waals surface area contributed by atoms with Crippen LogP contribution in [0, 0.1) is 0 Å². The van der Waals surface area contributed by atoms with E-state index in [1.807, 2.05) is 30.3 Å². The number of hydrogen-bond acceptors (Lipinski definition) is 2. The Hall–Kier alpha value is -1.22. The SMILES string of the molecule is O=C1N[C@@H](c2ccccc2)[C@@H](CCl)O1. The standard InChI is InChI=1S/C10H10ClNO2/c11-6-8-9(12-10(13)14-8)7-4-2-1-3-5-7/h1-5,8-9H,6H2,(H,12,13)/t8-,9+/m1/s1. The largest absolute Gasteiger partial charge is 0.442 e. The third-order valence-electron chi connectivity index (χ3n) is 2.21. The summed E-state index contributed by atoms with van der Waals surface area (Å²) in [5.41, 5.74) is 1.02. The number of rotatable bonds is 2. The first kappa shape index (κ1) is 9.34. The first-order valence-electron chi connectivity index (χ1n) is 4.39. The van der Waals surface area contributed by atoms with Crippen LogP contribution in [0.2, 0.25) is 0 Å². The zero-order valence-electron chi connectivity index (χ0n) is 7.44. The van der Waals surface area contributed by atoms with Gasteiger partial charge in [-0.2, -0.15) is 0 Å². The van der Waals surface area contributed by atoms with Crippen molar-refractivity contribution in [3.63, 3.8) is 0 Å². The number of nitrogens with one attached hydrogen (secondary N) is 1. The highest BCUT2D eigenvalue weighted by Crippen LogP contribution is 2.25. The Morgan fingerprint density at radius 1 is 1.36 bits per heavy atom. The Balaban J connectivity index is 2.22. The highest BCUT2D eigenvalue weighted by molar-refractivity contribution is 6.18. The first-order chi connectivity index (χ1) is 6.81. The van der Waals surface area contributed by atoms with Crippen LogP contribution in [-0.2, 0) is 4.74 Å². The third kappa shape index (κ3) is 1.68. The molecule has 1 aromatic carbocycles. The molecule has 4 heteroatoms. The molecule has 0 saturated carbocycles. The van der Waals surface area contributed by atoms with E-state index in [1.54, 1.807) is 0 Å². The van der Waals surface area contributed by atoms with Crippen molar-refractivity contribution in [1.82, 2.24) is 5.32 Å². The maximum atomic E-state index is 11.0. The zero-order valence-corrected chi connectivity index (χ0v) is 8.20. The van der Waals surface area contributed by atoms with Crippen LogP contribution in [-0.4, -0.2) is 18.1 Å². The number of halogens is 1. The zero-order chi connectivity index (χ0) is 9.97. The summed E-state index contributed by atoms with van der Waals surface area (Å²) in [5, 5.41) is 2.73. The van der Waals surface area contributed by atoms with E-state index in [-0.39, 0.29) is 12.1 Å². The van der Waals surface area contributed by atoms with E-state index < -0.39 is 6.09 Å². The molecule has 0 spiro atoms. The lowest BCUT2D eigenvalue weighted by atomic mass is 10.0. The van der Waals surface area contributed by atoms with Crippen LogP contribution in [0.1, 0.15) is 11.6 Å². The lowest BCUT2D eigenvalue weighted by Gasteiger charge is -2.14. The molecule has 74 valence electrons. The predicted molar refractivity (Wildman–Crippen MR) is 53.3 cm³/mol. The molecule has 1 aromatic rings. The molecule has 1 heterocycles. The lowest BCUT2D eigenvalue weighted by Crippen LogP contribution is -2.23. The molecule has 0 aromatic heterocycles. The molecule has 1 N–H and O–H groups in total. The second kappa shape index (κ2) is 3.88. The minimum absolute atomic E-state index is 0.124. The molecular formula is C10H10ClNO2. The number of benzene rings is 1. The van der Waals surface area contributed by atoms with Gasteiger partial charge in [-0.25, -0.2) is 4.79 Å². The number of carbonyl (C=O) groups is 1. The molecular weight excluding hydrogens is 202 g/mol. The molecule has 2 rings (SSSR count). The van der Waals surface area contributed by atoms with Crippen LogP contribution in [0.3, 0.4) is 0 Å². The van der Waals surface area contributed by atoms with Crippen LogP contribution in [0.15, 0.2) is 30.3 Å². The van der Waals surface area contributed by atoms with E-state index in [0.717, 1.165) is 5.56 Å². The highest BCUT2D eigenvalue weighted by atomic mass is 35.5. The van der Waals surface area contributed by atoms with Crippen molar-refractivity contribution in [2.24, 2.45) is 0 Å². The molecule has 0 aliphatic carbocycles. The molecule has 1 amide bonds. The minimum Gasteiger partial charge on any atom is -0.442 e. The van der Waals surface area contributed by atoms with Gasteiger partial charge in [-0.15, -0.1) is 11.6 Å². The van der Waals surface area contributed by atoms with Gasteiger partial charge >= 0.3 is 6.09 Å². The van der Waals surface area contributed by atoms with Crippen LogP contribution in [0.4, 0.5) is 4.79 Å². The summed E-state index contributed by atoms with van der Waals surface area (Å²) in [6, 6.07) is 9.53. The first-order valence-corrected chi connectivity index (χ1v) is 4.93. The van der Waals surface area contributed by atoms with Gasteiger partial charge < -0.3 is 10.1 Å². The van der Waals surface area contributed by atoms with Crippen molar-refractivity contribution in [3.05, 3.63) is 35.9 Å². The summed E-state index contributed by atoms with van der Waals surface area (Å²) in [4.78, 5) is 11.0. The van der Waals surface area contributed by atoms with Crippen molar-refractivity contribution in [3.8, 4) is 0 Å². The van der Waals surface area contributed by atoms with Crippen molar-refractivity contribution in [2.45, 2.75) is 12.1 Å². The fraction of sp³-hybridized carbons (Fsp3) is 0.300. The smallest absolute Gasteiger partial charge is 0.408 e. The van der Waals surface area contributed by atoms with Gasteiger partial charge in [0.15, 0.2) is 0 Å². The monoisotopic (exact) mass is 211 g/mol. The van der Waals surface area contributed by atoms with Crippen LogP contribution >= 0.6 is 11.6 Å². The lowest BCUT2D eigenvalue weighted by molar-refractivity contribution is 0.143. The van der Waals surface area contributed by atoms with E-state index in [2.05, 4.69) is 5.32 Å². The molecule has 2 atom stereocenters. The van der Waals surface area contributed by atoms with E-state index in [1.165, 1.54) is 0 Å². The molecule has 0 bridgehead atoms. The van der Waals surface area contributed by atoms with Crippen molar-refractivity contribution in [1.29, 1.82) is 0 Å². The summed E-state index contributed by atoms with van der Waals surface area (Å²) in [6.45, 7) is 0. The van der Waals surface area contributed by atoms with E-state index >= 15 is 0 Å². The van der Waals surface area contributed by atoms with Crippen molar-refractivity contribution >= 4 is 17.7 Å². The topological polar surface area (TPSA) is 38.3 Å². The van der Waals surface area contributed by atoms with Gasteiger partial charge in [-0.05, 0) is 5.56 Å². The predicted octanol–water partition coefficient (Wildman–Crippen LogP) is 2.07. The maximum absolute atomic E-state index is 11.0. The summed E-state index contributed by atoms with van der Waals surface area (Å²) in [7, 11) is 0. The van der Waals surface area contributed by atoms with E-state index in [9.17, 15) is 4.79 Å².